The zero-order valence-electron chi connectivity index (χ0n) is 15.1. The highest BCUT2D eigenvalue weighted by Crippen LogP contribution is 2.57. The molecule has 5 nitrogen and oxygen atoms in total. The highest BCUT2D eigenvalue weighted by atomic mass is 32.1. The van der Waals surface area contributed by atoms with Crippen molar-refractivity contribution in [3.05, 3.63) is 38.5 Å². The third kappa shape index (κ3) is 3.18. The maximum absolute atomic E-state index is 12.7. The lowest BCUT2D eigenvalue weighted by molar-refractivity contribution is -0.130. The first-order valence-corrected chi connectivity index (χ1v) is 10.8. The Balaban J connectivity index is 1.39. The molecule has 1 unspecified atom stereocenters. The van der Waals surface area contributed by atoms with Gasteiger partial charge in [-0.05, 0) is 54.0 Å². The summed E-state index contributed by atoms with van der Waals surface area (Å²) in [5, 5.41) is 4.17. The van der Waals surface area contributed by atoms with E-state index in [1.165, 1.54) is 16.9 Å². The average molecular weight is 390 g/mol. The van der Waals surface area contributed by atoms with E-state index in [4.69, 9.17) is 0 Å². The monoisotopic (exact) mass is 389 g/mol. The predicted molar refractivity (Wildman–Crippen MR) is 103 cm³/mol. The molecule has 1 saturated heterocycles. The van der Waals surface area contributed by atoms with Gasteiger partial charge in [0.2, 0.25) is 5.91 Å². The first kappa shape index (κ1) is 17.7. The van der Waals surface area contributed by atoms with Crippen LogP contribution in [0.15, 0.2) is 22.3 Å². The van der Waals surface area contributed by atoms with Gasteiger partial charge < -0.3 is 9.80 Å². The summed E-state index contributed by atoms with van der Waals surface area (Å²) in [6, 6.07) is 2.41. The Morgan fingerprint density at radius 1 is 1.38 bits per heavy atom. The molecule has 2 fully saturated rings. The number of likely N-dealkylation sites (tertiary alicyclic amines) is 1. The maximum Gasteiger partial charge on any atom is 0.265 e. The minimum atomic E-state index is 0.110. The molecule has 0 bridgehead atoms. The zero-order chi connectivity index (χ0) is 18.3. The van der Waals surface area contributed by atoms with Crippen molar-refractivity contribution in [2.45, 2.75) is 45.7 Å². The van der Waals surface area contributed by atoms with Gasteiger partial charge in [-0.3, -0.25) is 9.59 Å². The Labute approximate surface area is 161 Å². The highest BCUT2D eigenvalue weighted by Gasteiger charge is 2.58. The van der Waals surface area contributed by atoms with E-state index in [9.17, 15) is 9.59 Å². The molecule has 3 heterocycles. The summed E-state index contributed by atoms with van der Waals surface area (Å²) < 4.78 is 0. The van der Waals surface area contributed by atoms with Gasteiger partial charge in [0.05, 0.1) is 11.2 Å². The topological polar surface area (TPSA) is 53.5 Å². The number of nitrogens with zero attached hydrogens (tertiary/aromatic N) is 3. The largest absolute Gasteiger partial charge is 0.338 e. The van der Waals surface area contributed by atoms with Crippen LogP contribution in [0.5, 0.6) is 0 Å². The third-order valence-electron chi connectivity index (χ3n) is 5.85. The van der Waals surface area contributed by atoms with Crippen LogP contribution in [0.3, 0.4) is 0 Å². The summed E-state index contributed by atoms with van der Waals surface area (Å²) in [5.74, 6) is 0.260. The lowest BCUT2D eigenvalue weighted by Crippen LogP contribution is -2.42. The minimum Gasteiger partial charge on any atom is -0.338 e. The van der Waals surface area contributed by atoms with Crippen LogP contribution < -0.4 is 0 Å². The SMILES string of the molecule is CC(=O)N(Cc1ccsc1)C1CC12CCN(C(=O)c1scnc1C)CC2. The number of hydrogen-bond acceptors (Lipinski definition) is 5. The Kier molecular flexibility index (Phi) is 4.61. The molecule has 1 atom stereocenters. The van der Waals surface area contributed by atoms with Crippen LogP contribution in [-0.2, 0) is 11.3 Å². The van der Waals surface area contributed by atoms with Crippen molar-refractivity contribution in [2.75, 3.05) is 13.1 Å². The normalized spacial score (nSPS) is 21.0. The molecule has 4 rings (SSSR count). The molecular weight excluding hydrogens is 366 g/mol. The van der Waals surface area contributed by atoms with Crippen LogP contribution in [0.1, 0.15) is 47.1 Å². The Hall–Kier alpha value is -1.73. The first-order chi connectivity index (χ1) is 12.5. The maximum atomic E-state index is 12.7. The fraction of sp³-hybridized carbons (Fsp3) is 0.526. The van der Waals surface area contributed by atoms with E-state index in [-0.39, 0.29) is 17.2 Å². The van der Waals surface area contributed by atoms with Crippen molar-refractivity contribution in [1.29, 1.82) is 0 Å². The summed E-state index contributed by atoms with van der Waals surface area (Å²) in [7, 11) is 0. The highest BCUT2D eigenvalue weighted by molar-refractivity contribution is 7.11. The molecule has 26 heavy (non-hydrogen) atoms. The van der Waals surface area contributed by atoms with Crippen molar-refractivity contribution < 1.29 is 9.59 Å². The van der Waals surface area contributed by atoms with Gasteiger partial charge in [-0.2, -0.15) is 11.3 Å². The lowest BCUT2D eigenvalue weighted by Gasteiger charge is -2.34. The van der Waals surface area contributed by atoms with E-state index in [1.807, 2.05) is 16.7 Å². The molecule has 2 amide bonds. The molecule has 2 aliphatic rings. The van der Waals surface area contributed by atoms with Gasteiger partial charge in [0, 0.05) is 32.6 Å². The number of aromatic nitrogens is 1. The van der Waals surface area contributed by atoms with Crippen LogP contribution in [-0.4, -0.2) is 45.7 Å². The van der Waals surface area contributed by atoms with E-state index in [2.05, 4.69) is 21.8 Å². The van der Waals surface area contributed by atoms with Crippen molar-refractivity contribution in [2.24, 2.45) is 5.41 Å². The van der Waals surface area contributed by atoms with Gasteiger partial charge in [-0.15, -0.1) is 11.3 Å². The van der Waals surface area contributed by atoms with E-state index < -0.39 is 0 Å². The van der Waals surface area contributed by atoms with Gasteiger partial charge >= 0.3 is 0 Å². The Morgan fingerprint density at radius 3 is 2.73 bits per heavy atom. The van der Waals surface area contributed by atoms with Crippen LogP contribution in [0.25, 0.3) is 0 Å². The van der Waals surface area contributed by atoms with E-state index >= 15 is 0 Å². The first-order valence-electron chi connectivity index (χ1n) is 8.98. The molecular formula is C19H23N3O2S2. The number of piperidine rings is 1. The molecule has 1 aliphatic carbocycles. The van der Waals surface area contributed by atoms with Crippen LogP contribution in [0, 0.1) is 12.3 Å². The summed E-state index contributed by atoms with van der Waals surface area (Å²) in [6.07, 6.45) is 3.03. The van der Waals surface area contributed by atoms with E-state index in [1.54, 1.807) is 23.8 Å². The molecule has 1 spiro atoms. The van der Waals surface area contributed by atoms with Crippen molar-refractivity contribution >= 4 is 34.5 Å². The molecule has 2 aromatic rings. The number of aryl methyl sites for hydroxylation is 1. The molecule has 0 aromatic carbocycles. The van der Waals surface area contributed by atoms with Crippen LogP contribution in [0.2, 0.25) is 0 Å². The fourth-order valence-corrected chi connectivity index (χ4v) is 5.56. The van der Waals surface area contributed by atoms with Crippen molar-refractivity contribution in [3.63, 3.8) is 0 Å². The second-order valence-corrected chi connectivity index (χ2v) is 9.05. The molecule has 1 aliphatic heterocycles. The molecule has 2 aromatic heterocycles. The van der Waals surface area contributed by atoms with Crippen molar-refractivity contribution in [1.82, 2.24) is 14.8 Å². The van der Waals surface area contributed by atoms with E-state index in [0.717, 1.165) is 42.9 Å². The number of rotatable bonds is 4. The summed E-state index contributed by atoms with van der Waals surface area (Å²) in [4.78, 5) is 33.8. The summed E-state index contributed by atoms with van der Waals surface area (Å²) in [5.41, 5.74) is 3.98. The summed E-state index contributed by atoms with van der Waals surface area (Å²) >= 11 is 3.09. The number of hydrogen-bond donors (Lipinski definition) is 0. The smallest absolute Gasteiger partial charge is 0.265 e. The fourth-order valence-electron chi connectivity index (χ4n) is 4.13. The molecule has 138 valence electrons. The average Bonchev–Trinajstić information content (AvgIpc) is 2.98. The Bertz CT molecular complexity index is 807. The number of thiophene rings is 1. The predicted octanol–water partition coefficient (Wildman–Crippen LogP) is 3.56. The van der Waals surface area contributed by atoms with Gasteiger partial charge in [0.1, 0.15) is 4.88 Å². The third-order valence-corrected chi connectivity index (χ3v) is 7.50. The second-order valence-electron chi connectivity index (χ2n) is 7.42. The molecule has 1 saturated carbocycles. The zero-order valence-corrected chi connectivity index (χ0v) is 16.7. The minimum absolute atomic E-state index is 0.110. The number of thiazole rings is 1. The lowest BCUT2D eigenvalue weighted by atomic mass is 9.92. The van der Waals surface area contributed by atoms with Gasteiger partial charge in [-0.1, -0.05) is 0 Å². The number of amides is 2. The van der Waals surface area contributed by atoms with Gasteiger partial charge in [0.25, 0.3) is 5.91 Å². The number of carbonyl (C=O) groups excluding carboxylic acids is 2. The van der Waals surface area contributed by atoms with Crippen LogP contribution in [0.4, 0.5) is 0 Å². The number of carbonyl (C=O) groups is 2. The quantitative estimate of drug-likeness (QED) is 0.803. The van der Waals surface area contributed by atoms with Gasteiger partial charge in [0.15, 0.2) is 0 Å². The van der Waals surface area contributed by atoms with E-state index in [0.29, 0.717) is 12.6 Å². The van der Waals surface area contributed by atoms with Crippen LogP contribution >= 0.6 is 22.7 Å². The molecule has 7 heteroatoms. The second kappa shape index (κ2) is 6.78. The Morgan fingerprint density at radius 2 is 2.15 bits per heavy atom. The standard InChI is InChI=1S/C19H23N3O2S2/c1-13-17(26-12-20-13)18(24)21-6-4-19(5-7-21)9-16(19)22(14(2)23)10-15-3-8-25-11-15/h3,8,11-12,16H,4-7,9-10H2,1-2H3. The summed E-state index contributed by atoms with van der Waals surface area (Å²) in [6.45, 7) is 5.81. The van der Waals surface area contributed by atoms with Crippen molar-refractivity contribution in [3.8, 4) is 0 Å². The molecule has 0 radical (unpaired) electrons. The van der Waals surface area contributed by atoms with Gasteiger partial charge in [-0.25, -0.2) is 4.98 Å². The molecule has 0 N–H and O–H groups in total.